The molecule has 3 rings (SSSR count). The normalized spacial score (nSPS) is 11.3. The minimum atomic E-state index is -0.214. The third-order valence-electron chi connectivity index (χ3n) is 4.87. The van der Waals surface area contributed by atoms with Crippen molar-refractivity contribution in [2.24, 2.45) is 5.73 Å². The highest BCUT2D eigenvalue weighted by Crippen LogP contribution is 2.43. The fraction of sp³-hybridized carbons (Fsp3) is 0.217. The summed E-state index contributed by atoms with van der Waals surface area (Å²) in [5, 5.41) is 0. The van der Waals surface area contributed by atoms with E-state index in [9.17, 15) is 0 Å². The zero-order valence-corrected chi connectivity index (χ0v) is 14.7. The fourth-order valence-electron chi connectivity index (χ4n) is 3.62. The topological polar surface area (TPSA) is 35.2 Å². The van der Waals surface area contributed by atoms with Gasteiger partial charge in [0.05, 0.1) is 7.11 Å². The lowest BCUT2D eigenvalue weighted by atomic mass is 9.67. The molecule has 128 valence electrons. The molecule has 0 radical (unpaired) electrons. The van der Waals surface area contributed by atoms with Crippen molar-refractivity contribution in [3.63, 3.8) is 0 Å². The Morgan fingerprint density at radius 2 is 1.20 bits per heavy atom. The Kier molecular flexibility index (Phi) is 5.52. The van der Waals surface area contributed by atoms with Crippen molar-refractivity contribution in [2.45, 2.75) is 18.3 Å². The summed E-state index contributed by atoms with van der Waals surface area (Å²) in [5.41, 5.74) is 9.53. The highest BCUT2D eigenvalue weighted by molar-refractivity contribution is 5.51. The number of hydrogen-bond donors (Lipinski definition) is 1. The number of nitrogens with two attached hydrogens (primary N) is 1. The van der Waals surface area contributed by atoms with Gasteiger partial charge >= 0.3 is 0 Å². The maximum absolute atomic E-state index is 5.90. The molecular weight excluding hydrogens is 306 g/mol. The van der Waals surface area contributed by atoms with Crippen LogP contribution in [0.2, 0.25) is 0 Å². The predicted molar refractivity (Wildman–Crippen MR) is 104 cm³/mol. The summed E-state index contributed by atoms with van der Waals surface area (Å²) < 4.78 is 5.35. The summed E-state index contributed by atoms with van der Waals surface area (Å²) in [7, 11) is 1.70. The number of ether oxygens (including phenoxy) is 1. The molecule has 2 N–H and O–H groups in total. The van der Waals surface area contributed by atoms with Crippen LogP contribution in [-0.2, 0) is 5.41 Å². The summed E-state index contributed by atoms with van der Waals surface area (Å²) >= 11 is 0. The molecule has 0 unspecified atom stereocenters. The molecule has 0 spiro atoms. The third kappa shape index (κ3) is 3.45. The lowest BCUT2D eigenvalue weighted by Crippen LogP contribution is -2.30. The molecular formula is C23H25NO. The van der Waals surface area contributed by atoms with E-state index < -0.39 is 0 Å². The number of benzene rings is 3. The monoisotopic (exact) mass is 331 g/mol. The maximum Gasteiger partial charge on any atom is 0.118 e. The molecule has 0 aromatic heterocycles. The molecule has 3 aromatic carbocycles. The lowest BCUT2D eigenvalue weighted by Gasteiger charge is -2.36. The Bertz CT molecular complexity index is 727. The average Bonchev–Trinajstić information content (AvgIpc) is 2.71. The van der Waals surface area contributed by atoms with Crippen LogP contribution in [0.5, 0.6) is 5.75 Å². The Balaban J connectivity index is 2.23. The van der Waals surface area contributed by atoms with E-state index in [-0.39, 0.29) is 5.41 Å². The molecule has 0 aliphatic carbocycles. The van der Waals surface area contributed by atoms with Gasteiger partial charge in [-0.3, -0.25) is 0 Å². The van der Waals surface area contributed by atoms with Crippen molar-refractivity contribution in [3.05, 3.63) is 102 Å². The molecule has 25 heavy (non-hydrogen) atoms. The van der Waals surface area contributed by atoms with Crippen LogP contribution in [0.4, 0.5) is 0 Å². The second kappa shape index (κ2) is 8.00. The van der Waals surface area contributed by atoms with Crippen LogP contribution >= 0.6 is 0 Å². The predicted octanol–water partition coefficient (Wildman–Crippen LogP) is 4.77. The highest BCUT2D eigenvalue weighted by atomic mass is 16.5. The molecule has 0 heterocycles. The highest BCUT2D eigenvalue weighted by Gasteiger charge is 2.35. The molecule has 0 atom stereocenters. The number of hydrogen-bond acceptors (Lipinski definition) is 2. The van der Waals surface area contributed by atoms with Crippen LogP contribution in [0.1, 0.15) is 29.5 Å². The molecule has 0 saturated heterocycles. The van der Waals surface area contributed by atoms with Gasteiger partial charge in [0.1, 0.15) is 5.75 Å². The zero-order valence-electron chi connectivity index (χ0n) is 14.7. The third-order valence-corrected chi connectivity index (χ3v) is 4.87. The van der Waals surface area contributed by atoms with Crippen molar-refractivity contribution in [1.29, 1.82) is 0 Å². The van der Waals surface area contributed by atoms with E-state index in [0.29, 0.717) is 6.54 Å². The first-order valence-corrected chi connectivity index (χ1v) is 8.77. The minimum Gasteiger partial charge on any atom is -0.497 e. The molecule has 0 aliphatic rings. The van der Waals surface area contributed by atoms with Gasteiger partial charge in [0.2, 0.25) is 0 Å². The molecule has 2 nitrogen and oxygen atoms in total. The van der Waals surface area contributed by atoms with E-state index in [2.05, 4.69) is 72.8 Å². The van der Waals surface area contributed by atoms with Crippen LogP contribution < -0.4 is 10.5 Å². The zero-order chi connectivity index (χ0) is 17.5. The maximum atomic E-state index is 5.90. The van der Waals surface area contributed by atoms with E-state index in [0.717, 1.165) is 18.6 Å². The van der Waals surface area contributed by atoms with E-state index >= 15 is 0 Å². The first kappa shape index (κ1) is 17.2. The quantitative estimate of drug-likeness (QED) is 0.633. The minimum absolute atomic E-state index is 0.214. The van der Waals surface area contributed by atoms with Crippen molar-refractivity contribution < 1.29 is 4.74 Å². The first-order chi connectivity index (χ1) is 12.3. The Morgan fingerprint density at radius 1 is 0.720 bits per heavy atom. The summed E-state index contributed by atoms with van der Waals surface area (Å²) in [6.07, 6.45) is 1.92. The van der Waals surface area contributed by atoms with Crippen molar-refractivity contribution in [1.82, 2.24) is 0 Å². The van der Waals surface area contributed by atoms with Crippen LogP contribution in [0.25, 0.3) is 0 Å². The van der Waals surface area contributed by atoms with E-state index in [1.54, 1.807) is 7.11 Å². The molecule has 0 saturated carbocycles. The Labute approximate surface area is 150 Å². The van der Waals surface area contributed by atoms with Crippen LogP contribution in [0.15, 0.2) is 84.9 Å². The Morgan fingerprint density at radius 3 is 1.64 bits per heavy atom. The first-order valence-electron chi connectivity index (χ1n) is 8.77. The molecule has 0 aliphatic heterocycles. The van der Waals surface area contributed by atoms with Gasteiger partial charge in [-0.05, 0) is 48.2 Å². The number of methoxy groups -OCH3 is 1. The summed E-state index contributed by atoms with van der Waals surface area (Å²) in [6, 6.07) is 29.9. The molecule has 0 amide bonds. The van der Waals surface area contributed by atoms with Gasteiger partial charge in [-0.1, -0.05) is 72.8 Å². The smallest absolute Gasteiger partial charge is 0.118 e. The van der Waals surface area contributed by atoms with Gasteiger partial charge in [0.15, 0.2) is 0 Å². The second-order valence-corrected chi connectivity index (χ2v) is 6.26. The fourth-order valence-corrected chi connectivity index (χ4v) is 3.62. The standard InChI is InChI=1S/C23H25NO/c1-25-22-15-13-21(14-16-22)23(17-8-18-24,19-9-4-2-5-10-19)20-11-6-3-7-12-20/h2-7,9-16H,8,17-18,24H2,1H3. The van der Waals surface area contributed by atoms with Crippen molar-refractivity contribution in [3.8, 4) is 5.75 Å². The van der Waals surface area contributed by atoms with Crippen LogP contribution in [0, 0.1) is 0 Å². The van der Waals surface area contributed by atoms with Gasteiger partial charge in [-0.15, -0.1) is 0 Å². The molecule has 3 aromatic rings. The summed E-state index contributed by atoms with van der Waals surface area (Å²) in [5.74, 6) is 0.873. The average molecular weight is 331 g/mol. The van der Waals surface area contributed by atoms with Crippen molar-refractivity contribution >= 4 is 0 Å². The SMILES string of the molecule is COc1ccc(C(CCCN)(c2ccccc2)c2ccccc2)cc1. The van der Waals surface area contributed by atoms with Crippen LogP contribution in [0.3, 0.4) is 0 Å². The van der Waals surface area contributed by atoms with E-state index in [4.69, 9.17) is 10.5 Å². The molecule has 0 fully saturated rings. The van der Waals surface area contributed by atoms with Gasteiger partial charge in [0.25, 0.3) is 0 Å². The van der Waals surface area contributed by atoms with Gasteiger partial charge in [0, 0.05) is 5.41 Å². The molecule has 0 bridgehead atoms. The molecule has 2 heteroatoms. The summed E-state index contributed by atoms with van der Waals surface area (Å²) in [6.45, 7) is 0.678. The van der Waals surface area contributed by atoms with Crippen LogP contribution in [-0.4, -0.2) is 13.7 Å². The van der Waals surface area contributed by atoms with Gasteiger partial charge in [-0.25, -0.2) is 0 Å². The van der Waals surface area contributed by atoms with Gasteiger partial charge < -0.3 is 10.5 Å². The summed E-state index contributed by atoms with van der Waals surface area (Å²) in [4.78, 5) is 0. The Hall–Kier alpha value is -2.58. The largest absolute Gasteiger partial charge is 0.497 e. The van der Waals surface area contributed by atoms with E-state index in [1.165, 1.54) is 16.7 Å². The lowest BCUT2D eigenvalue weighted by molar-refractivity contribution is 0.414. The van der Waals surface area contributed by atoms with Gasteiger partial charge in [-0.2, -0.15) is 0 Å². The van der Waals surface area contributed by atoms with Crippen molar-refractivity contribution in [2.75, 3.05) is 13.7 Å². The van der Waals surface area contributed by atoms with E-state index in [1.807, 2.05) is 12.1 Å². The number of rotatable bonds is 7. The second-order valence-electron chi connectivity index (χ2n) is 6.26.